The van der Waals surface area contributed by atoms with Crippen LogP contribution in [0.5, 0.6) is 0 Å². The van der Waals surface area contributed by atoms with E-state index in [2.05, 4.69) is 12.2 Å². The molecule has 1 heterocycles. The van der Waals surface area contributed by atoms with Crippen LogP contribution in [0.4, 0.5) is 0 Å². The first kappa shape index (κ1) is 4.09. The van der Waals surface area contributed by atoms with Crippen LogP contribution in [-0.4, -0.2) is 18.6 Å². The van der Waals surface area contributed by atoms with Gasteiger partial charge in [-0.15, -0.1) is 0 Å². The van der Waals surface area contributed by atoms with Gasteiger partial charge in [-0.05, 0) is 6.92 Å². The second-order valence-electron chi connectivity index (χ2n) is 1.86. The molecule has 0 aliphatic carbocycles. The Labute approximate surface area is 37.7 Å². The molecule has 6 heavy (non-hydrogen) atoms. The Kier molecular flexibility index (Phi) is 0.821. The SMILES string of the molecule is C[C@H]1NC[C@@H]1N. The van der Waals surface area contributed by atoms with Crippen LogP contribution in [0.25, 0.3) is 0 Å². The topological polar surface area (TPSA) is 38.0 Å². The van der Waals surface area contributed by atoms with Crippen molar-refractivity contribution in [2.75, 3.05) is 6.54 Å². The largest absolute Gasteiger partial charge is 0.325 e. The first-order chi connectivity index (χ1) is 2.80. The van der Waals surface area contributed by atoms with E-state index in [1.165, 1.54) is 0 Å². The van der Waals surface area contributed by atoms with Gasteiger partial charge in [-0.3, -0.25) is 0 Å². The maximum Gasteiger partial charge on any atom is 0.0318 e. The molecule has 1 rings (SSSR count). The van der Waals surface area contributed by atoms with E-state index in [-0.39, 0.29) is 0 Å². The molecule has 2 atom stereocenters. The van der Waals surface area contributed by atoms with Crippen molar-refractivity contribution in [1.82, 2.24) is 5.32 Å². The molecule has 0 unspecified atom stereocenters. The zero-order chi connectivity index (χ0) is 4.57. The molecule has 0 aromatic rings. The fourth-order valence-corrected chi connectivity index (χ4v) is 0.490. The van der Waals surface area contributed by atoms with Gasteiger partial charge in [-0.2, -0.15) is 0 Å². The minimum Gasteiger partial charge on any atom is -0.325 e. The van der Waals surface area contributed by atoms with Crippen LogP contribution in [0.15, 0.2) is 0 Å². The van der Waals surface area contributed by atoms with E-state index in [1.807, 2.05) is 0 Å². The van der Waals surface area contributed by atoms with Crippen LogP contribution < -0.4 is 11.1 Å². The number of hydrogen-bond donors (Lipinski definition) is 2. The minimum absolute atomic E-state index is 0.421. The highest BCUT2D eigenvalue weighted by atomic mass is 15.1. The molecule has 1 aliphatic rings. The molecule has 0 bridgehead atoms. The summed E-state index contributed by atoms with van der Waals surface area (Å²) in [6, 6.07) is 0.981. The van der Waals surface area contributed by atoms with E-state index in [1.54, 1.807) is 0 Å². The Morgan fingerprint density at radius 3 is 2.33 bits per heavy atom. The molecule has 2 nitrogen and oxygen atoms in total. The molecule has 0 amide bonds. The molecule has 3 N–H and O–H groups in total. The summed E-state index contributed by atoms with van der Waals surface area (Å²) in [5.74, 6) is 0. The standard InChI is InChI=1S/C4H10N2/c1-3-4(5)2-6-3/h3-4,6H,2,5H2,1H3/t3-,4+/m1/s1. The van der Waals surface area contributed by atoms with Crippen LogP contribution in [0.1, 0.15) is 6.92 Å². The van der Waals surface area contributed by atoms with Crippen molar-refractivity contribution < 1.29 is 0 Å². The highest BCUT2D eigenvalue weighted by molar-refractivity contribution is 4.87. The van der Waals surface area contributed by atoms with Gasteiger partial charge in [0.25, 0.3) is 0 Å². The molecule has 1 fully saturated rings. The van der Waals surface area contributed by atoms with Crippen LogP contribution in [0.3, 0.4) is 0 Å². The van der Waals surface area contributed by atoms with Gasteiger partial charge in [0, 0.05) is 18.6 Å². The molecule has 0 aromatic carbocycles. The smallest absolute Gasteiger partial charge is 0.0318 e. The maximum absolute atomic E-state index is 5.46. The van der Waals surface area contributed by atoms with Crippen molar-refractivity contribution in [3.05, 3.63) is 0 Å². The summed E-state index contributed by atoms with van der Waals surface area (Å²) < 4.78 is 0. The summed E-state index contributed by atoms with van der Waals surface area (Å²) >= 11 is 0. The fourth-order valence-electron chi connectivity index (χ4n) is 0.490. The van der Waals surface area contributed by atoms with E-state index in [9.17, 15) is 0 Å². The molecule has 0 radical (unpaired) electrons. The lowest BCUT2D eigenvalue weighted by Gasteiger charge is -2.31. The van der Waals surface area contributed by atoms with Gasteiger partial charge >= 0.3 is 0 Å². The lowest BCUT2D eigenvalue weighted by molar-refractivity contribution is 0.335. The molecule has 0 saturated carbocycles. The minimum atomic E-state index is 0.421. The molecular formula is C4H10N2. The van der Waals surface area contributed by atoms with Gasteiger partial charge in [0.05, 0.1) is 0 Å². The van der Waals surface area contributed by atoms with Crippen molar-refractivity contribution in [3.8, 4) is 0 Å². The zero-order valence-electron chi connectivity index (χ0n) is 3.94. The van der Waals surface area contributed by atoms with E-state index in [0.29, 0.717) is 12.1 Å². The molecule has 1 aliphatic heterocycles. The van der Waals surface area contributed by atoms with Gasteiger partial charge in [-0.25, -0.2) is 0 Å². The number of rotatable bonds is 0. The van der Waals surface area contributed by atoms with Crippen molar-refractivity contribution in [2.45, 2.75) is 19.0 Å². The third kappa shape index (κ3) is 0.420. The number of nitrogens with two attached hydrogens (primary N) is 1. The summed E-state index contributed by atoms with van der Waals surface area (Å²) in [5.41, 5.74) is 5.46. The summed E-state index contributed by atoms with van der Waals surface area (Å²) in [4.78, 5) is 0. The van der Waals surface area contributed by atoms with Crippen LogP contribution >= 0.6 is 0 Å². The average molecular weight is 86.1 g/mol. The fraction of sp³-hybridized carbons (Fsp3) is 1.00. The summed E-state index contributed by atoms with van der Waals surface area (Å²) in [6.07, 6.45) is 0. The Bertz CT molecular complexity index is 45.5. The normalized spacial score (nSPS) is 45.0. The Hall–Kier alpha value is -0.0800. The summed E-state index contributed by atoms with van der Waals surface area (Å²) in [7, 11) is 0. The second-order valence-corrected chi connectivity index (χ2v) is 1.86. The van der Waals surface area contributed by atoms with Crippen molar-refractivity contribution in [3.63, 3.8) is 0 Å². The predicted molar refractivity (Wildman–Crippen MR) is 25.4 cm³/mol. The maximum atomic E-state index is 5.46. The van der Waals surface area contributed by atoms with Crippen molar-refractivity contribution in [2.24, 2.45) is 5.73 Å². The van der Waals surface area contributed by atoms with Gasteiger partial charge in [0.2, 0.25) is 0 Å². The Morgan fingerprint density at radius 1 is 1.83 bits per heavy atom. The van der Waals surface area contributed by atoms with Crippen LogP contribution in [0.2, 0.25) is 0 Å². The van der Waals surface area contributed by atoms with E-state index in [4.69, 9.17) is 5.73 Å². The molecular weight excluding hydrogens is 76.1 g/mol. The van der Waals surface area contributed by atoms with Gasteiger partial charge in [0.1, 0.15) is 0 Å². The third-order valence-corrected chi connectivity index (χ3v) is 1.32. The Balaban J connectivity index is 2.20. The summed E-state index contributed by atoms with van der Waals surface area (Å²) in [5, 5.41) is 3.13. The number of hydrogen-bond acceptors (Lipinski definition) is 2. The average Bonchev–Trinajstić information content (AvgIpc) is 1.61. The third-order valence-electron chi connectivity index (χ3n) is 1.32. The van der Waals surface area contributed by atoms with Crippen LogP contribution in [-0.2, 0) is 0 Å². The lowest BCUT2D eigenvalue weighted by Crippen LogP contribution is -2.60. The van der Waals surface area contributed by atoms with Gasteiger partial charge < -0.3 is 11.1 Å². The molecule has 0 spiro atoms. The van der Waals surface area contributed by atoms with Crippen molar-refractivity contribution in [1.29, 1.82) is 0 Å². The first-order valence-corrected chi connectivity index (χ1v) is 2.29. The molecule has 36 valence electrons. The number of nitrogens with one attached hydrogen (secondary N) is 1. The molecule has 0 aromatic heterocycles. The first-order valence-electron chi connectivity index (χ1n) is 2.29. The predicted octanol–water partition coefficient (Wildman–Crippen LogP) is -0.695. The lowest BCUT2D eigenvalue weighted by atomic mass is 10.0. The highest BCUT2D eigenvalue weighted by Crippen LogP contribution is 1.96. The summed E-state index contributed by atoms with van der Waals surface area (Å²) in [6.45, 7) is 3.09. The van der Waals surface area contributed by atoms with E-state index >= 15 is 0 Å². The Morgan fingerprint density at radius 2 is 2.33 bits per heavy atom. The second kappa shape index (κ2) is 1.21. The highest BCUT2D eigenvalue weighted by Gasteiger charge is 2.20. The van der Waals surface area contributed by atoms with Gasteiger partial charge in [0.15, 0.2) is 0 Å². The zero-order valence-corrected chi connectivity index (χ0v) is 3.94. The molecule has 1 saturated heterocycles. The quantitative estimate of drug-likeness (QED) is 0.409. The van der Waals surface area contributed by atoms with Gasteiger partial charge in [-0.1, -0.05) is 0 Å². The monoisotopic (exact) mass is 86.1 g/mol. The van der Waals surface area contributed by atoms with E-state index < -0.39 is 0 Å². The van der Waals surface area contributed by atoms with Crippen molar-refractivity contribution >= 4 is 0 Å². The van der Waals surface area contributed by atoms with Crippen LogP contribution in [0, 0.1) is 0 Å². The molecule has 2 heteroatoms. The van der Waals surface area contributed by atoms with E-state index in [0.717, 1.165) is 6.54 Å².